The SMILES string of the molecule is CN(C)c1ccnc(N[C@H]2CC[C@@H](CNC(=O)C3CC(=O)c4ccccc43)CC2)n1. The number of nitrogens with zero attached hydrogens (tertiary/aromatic N) is 3. The van der Waals surface area contributed by atoms with Gasteiger partial charge in [-0.25, -0.2) is 4.98 Å². The van der Waals surface area contributed by atoms with Gasteiger partial charge in [-0.1, -0.05) is 24.3 Å². The van der Waals surface area contributed by atoms with Crippen LogP contribution in [0.2, 0.25) is 0 Å². The number of carbonyl (C=O) groups is 2. The van der Waals surface area contributed by atoms with Crippen molar-refractivity contribution in [2.45, 2.75) is 44.1 Å². The number of nitrogens with one attached hydrogen (secondary N) is 2. The molecule has 4 rings (SSSR count). The minimum Gasteiger partial charge on any atom is -0.363 e. The Morgan fingerprint density at radius 3 is 2.67 bits per heavy atom. The van der Waals surface area contributed by atoms with Crippen molar-refractivity contribution in [1.82, 2.24) is 15.3 Å². The van der Waals surface area contributed by atoms with Gasteiger partial charge in [0.05, 0.1) is 5.92 Å². The molecule has 1 fully saturated rings. The van der Waals surface area contributed by atoms with E-state index >= 15 is 0 Å². The number of rotatable bonds is 6. The second-order valence-electron chi connectivity index (χ2n) is 8.51. The zero-order valence-electron chi connectivity index (χ0n) is 17.6. The van der Waals surface area contributed by atoms with Crippen LogP contribution >= 0.6 is 0 Å². The van der Waals surface area contributed by atoms with Gasteiger partial charge in [-0.15, -0.1) is 0 Å². The molecule has 1 saturated carbocycles. The second kappa shape index (κ2) is 8.81. The summed E-state index contributed by atoms with van der Waals surface area (Å²) < 4.78 is 0. The van der Waals surface area contributed by atoms with Crippen molar-refractivity contribution < 1.29 is 9.59 Å². The summed E-state index contributed by atoms with van der Waals surface area (Å²) in [7, 11) is 3.93. The van der Waals surface area contributed by atoms with Gasteiger partial charge < -0.3 is 15.5 Å². The molecule has 0 spiro atoms. The van der Waals surface area contributed by atoms with Crippen molar-refractivity contribution in [3.63, 3.8) is 0 Å². The van der Waals surface area contributed by atoms with Gasteiger partial charge in [0.15, 0.2) is 5.78 Å². The van der Waals surface area contributed by atoms with E-state index in [1.807, 2.05) is 49.3 Å². The van der Waals surface area contributed by atoms with E-state index in [-0.39, 0.29) is 24.0 Å². The van der Waals surface area contributed by atoms with Crippen molar-refractivity contribution in [2.24, 2.45) is 5.92 Å². The third-order valence-electron chi connectivity index (χ3n) is 6.19. The van der Waals surface area contributed by atoms with E-state index in [1.54, 1.807) is 6.20 Å². The van der Waals surface area contributed by atoms with E-state index in [9.17, 15) is 9.59 Å². The fourth-order valence-electron chi connectivity index (χ4n) is 4.42. The van der Waals surface area contributed by atoms with Gasteiger partial charge >= 0.3 is 0 Å². The van der Waals surface area contributed by atoms with Crippen LogP contribution in [0.25, 0.3) is 0 Å². The fraction of sp³-hybridized carbons (Fsp3) is 0.478. The number of benzene rings is 1. The molecule has 2 aliphatic rings. The summed E-state index contributed by atoms with van der Waals surface area (Å²) in [5.41, 5.74) is 1.57. The van der Waals surface area contributed by atoms with E-state index in [4.69, 9.17) is 0 Å². The maximum Gasteiger partial charge on any atom is 0.228 e. The van der Waals surface area contributed by atoms with E-state index in [1.165, 1.54) is 0 Å². The summed E-state index contributed by atoms with van der Waals surface area (Å²) in [6.45, 7) is 0.672. The van der Waals surface area contributed by atoms with Crippen LogP contribution in [0.3, 0.4) is 0 Å². The number of amides is 1. The van der Waals surface area contributed by atoms with Gasteiger partial charge in [-0.2, -0.15) is 4.98 Å². The summed E-state index contributed by atoms with van der Waals surface area (Å²) in [6.07, 6.45) is 6.21. The topological polar surface area (TPSA) is 87.2 Å². The third kappa shape index (κ3) is 4.45. The molecule has 1 aromatic carbocycles. The first kappa shape index (κ1) is 20.3. The maximum absolute atomic E-state index is 12.7. The standard InChI is InChI=1S/C23H29N5O2/c1-28(2)21-11-12-24-23(27-21)26-16-9-7-15(8-10-16)14-25-22(30)19-13-20(29)18-6-4-3-5-17(18)19/h3-6,11-12,15-16,19H,7-10,13-14H2,1-2H3,(H,25,30)(H,24,26,27)/t15-,16+,19?. The molecule has 1 atom stereocenters. The summed E-state index contributed by atoms with van der Waals surface area (Å²) in [5.74, 6) is 1.72. The Balaban J connectivity index is 1.24. The van der Waals surface area contributed by atoms with Crippen molar-refractivity contribution in [3.8, 4) is 0 Å². The highest BCUT2D eigenvalue weighted by Crippen LogP contribution is 2.33. The van der Waals surface area contributed by atoms with Crippen molar-refractivity contribution in [1.29, 1.82) is 0 Å². The van der Waals surface area contributed by atoms with Gasteiger partial charge in [0.25, 0.3) is 0 Å². The number of hydrogen-bond donors (Lipinski definition) is 2. The highest BCUT2D eigenvalue weighted by Gasteiger charge is 2.34. The first-order chi connectivity index (χ1) is 14.5. The molecule has 2 aromatic rings. The lowest BCUT2D eigenvalue weighted by Gasteiger charge is -2.29. The van der Waals surface area contributed by atoms with Gasteiger partial charge in [-0.3, -0.25) is 9.59 Å². The molecule has 0 bridgehead atoms. The van der Waals surface area contributed by atoms with E-state index in [0.29, 0.717) is 30.0 Å². The number of hydrogen-bond acceptors (Lipinski definition) is 6. The molecule has 7 heteroatoms. The first-order valence-corrected chi connectivity index (χ1v) is 10.7. The normalized spacial score (nSPS) is 23.0. The highest BCUT2D eigenvalue weighted by molar-refractivity contribution is 6.06. The molecular formula is C23H29N5O2. The second-order valence-corrected chi connectivity index (χ2v) is 8.51. The van der Waals surface area contributed by atoms with Crippen molar-refractivity contribution >= 4 is 23.5 Å². The predicted octanol–water partition coefficient (Wildman–Crippen LogP) is 3.00. The Morgan fingerprint density at radius 1 is 1.13 bits per heavy atom. The molecule has 30 heavy (non-hydrogen) atoms. The molecule has 0 saturated heterocycles. The van der Waals surface area contributed by atoms with Crippen LogP contribution in [-0.4, -0.2) is 48.3 Å². The Kier molecular flexibility index (Phi) is 5.97. The molecule has 2 aliphatic carbocycles. The first-order valence-electron chi connectivity index (χ1n) is 10.7. The van der Waals surface area contributed by atoms with E-state index in [2.05, 4.69) is 20.6 Å². The Hall–Kier alpha value is -2.96. The quantitative estimate of drug-likeness (QED) is 0.766. The Labute approximate surface area is 177 Å². The molecule has 158 valence electrons. The van der Waals surface area contributed by atoms with Crippen molar-refractivity contribution in [3.05, 3.63) is 47.7 Å². The zero-order chi connectivity index (χ0) is 21.1. The molecule has 1 aromatic heterocycles. The zero-order valence-corrected chi connectivity index (χ0v) is 17.6. The van der Waals surface area contributed by atoms with Crippen LogP contribution < -0.4 is 15.5 Å². The summed E-state index contributed by atoms with van der Waals surface area (Å²) in [4.78, 5) is 35.6. The maximum atomic E-state index is 12.7. The fourth-order valence-corrected chi connectivity index (χ4v) is 4.42. The molecule has 2 N–H and O–H groups in total. The number of ketones is 1. The summed E-state index contributed by atoms with van der Waals surface area (Å²) in [6, 6.07) is 9.70. The Morgan fingerprint density at radius 2 is 1.90 bits per heavy atom. The smallest absolute Gasteiger partial charge is 0.228 e. The molecule has 0 aliphatic heterocycles. The molecule has 0 radical (unpaired) electrons. The molecule has 7 nitrogen and oxygen atoms in total. The average Bonchev–Trinajstić information content (AvgIpc) is 3.10. The minimum atomic E-state index is -0.340. The van der Waals surface area contributed by atoms with Crippen LogP contribution in [0.1, 0.15) is 53.9 Å². The lowest BCUT2D eigenvalue weighted by atomic mass is 9.86. The van der Waals surface area contributed by atoms with Gasteiger partial charge in [0, 0.05) is 44.9 Å². The van der Waals surface area contributed by atoms with Crippen LogP contribution in [0.15, 0.2) is 36.5 Å². The van der Waals surface area contributed by atoms with Crippen LogP contribution in [0.4, 0.5) is 11.8 Å². The largest absolute Gasteiger partial charge is 0.363 e. The number of Topliss-reactive ketones (excluding diaryl/α,β-unsaturated/α-hetero) is 1. The lowest BCUT2D eigenvalue weighted by Crippen LogP contribution is -2.36. The highest BCUT2D eigenvalue weighted by atomic mass is 16.2. The molecular weight excluding hydrogens is 378 g/mol. The van der Waals surface area contributed by atoms with Crippen LogP contribution in [-0.2, 0) is 4.79 Å². The number of anilines is 2. The van der Waals surface area contributed by atoms with Gasteiger partial charge in [0.1, 0.15) is 5.82 Å². The van der Waals surface area contributed by atoms with Crippen LogP contribution in [0, 0.1) is 5.92 Å². The van der Waals surface area contributed by atoms with Gasteiger partial charge in [0.2, 0.25) is 11.9 Å². The molecule has 1 amide bonds. The minimum absolute atomic E-state index is 0.0255. The lowest BCUT2D eigenvalue weighted by molar-refractivity contribution is -0.122. The number of carbonyl (C=O) groups excluding carboxylic acids is 2. The Bertz CT molecular complexity index is 921. The van der Waals surface area contributed by atoms with Gasteiger partial charge in [-0.05, 0) is 43.2 Å². The van der Waals surface area contributed by atoms with Crippen LogP contribution in [0.5, 0.6) is 0 Å². The van der Waals surface area contributed by atoms with E-state index in [0.717, 1.165) is 37.1 Å². The number of fused-ring (bicyclic) bond motifs is 1. The summed E-state index contributed by atoms with van der Waals surface area (Å²) >= 11 is 0. The monoisotopic (exact) mass is 407 g/mol. The average molecular weight is 408 g/mol. The van der Waals surface area contributed by atoms with Crippen molar-refractivity contribution in [2.75, 3.05) is 30.9 Å². The third-order valence-corrected chi connectivity index (χ3v) is 6.19. The number of aromatic nitrogens is 2. The molecule has 1 unspecified atom stereocenters. The van der Waals surface area contributed by atoms with E-state index < -0.39 is 0 Å². The predicted molar refractivity (Wildman–Crippen MR) is 117 cm³/mol. The summed E-state index contributed by atoms with van der Waals surface area (Å²) in [5, 5.41) is 6.55. The molecule has 1 heterocycles.